The van der Waals surface area contributed by atoms with Crippen LogP contribution in [0.1, 0.15) is 52.9 Å². The Morgan fingerprint density at radius 3 is 2.63 bits per heavy atom. The maximum absolute atomic E-state index is 11.2. The number of carboxylic acids is 1. The van der Waals surface area contributed by atoms with Crippen molar-refractivity contribution >= 4 is 5.97 Å². The highest BCUT2D eigenvalue weighted by atomic mass is 16.4. The van der Waals surface area contributed by atoms with Crippen molar-refractivity contribution in [2.24, 2.45) is 5.92 Å². The minimum atomic E-state index is -0.776. The summed E-state index contributed by atoms with van der Waals surface area (Å²) in [6, 6.07) is 0.680. The fourth-order valence-corrected chi connectivity index (χ4v) is 2.92. The largest absolute Gasteiger partial charge is 0.480 e. The molecule has 1 fully saturated rings. The molecule has 4 nitrogen and oxygen atoms in total. The summed E-state index contributed by atoms with van der Waals surface area (Å²) < 4.78 is 0. The first kappa shape index (κ1) is 16.4. The van der Waals surface area contributed by atoms with Crippen LogP contribution in [0.5, 0.6) is 0 Å². The Morgan fingerprint density at radius 2 is 2.11 bits per heavy atom. The van der Waals surface area contributed by atoms with E-state index in [0.717, 1.165) is 25.3 Å². The monoisotopic (exact) mass is 270 g/mol. The van der Waals surface area contributed by atoms with Crippen molar-refractivity contribution in [3.8, 4) is 0 Å². The van der Waals surface area contributed by atoms with Crippen LogP contribution >= 0.6 is 0 Å². The fraction of sp³-hybridized carbons (Fsp3) is 0.933. The molecule has 4 heteroatoms. The summed E-state index contributed by atoms with van der Waals surface area (Å²) in [7, 11) is 1.72. The maximum atomic E-state index is 11.2. The Labute approximate surface area is 117 Å². The zero-order valence-corrected chi connectivity index (χ0v) is 12.9. The molecule has 19 heavy (non-hydrogen) atoms. The quantitative estimate of drug-likeness (QED) is 0.697. The van der Waals surface area contributed by atoms with Crippen molar-refractivity contribution in [1.29, 1.82) is 0 Å². The lowest BCUT2D eigenvalue weighted by Gasteiger charge is -2.36. The molecule has 3 unspecified atom stereocenters. The standard InChI is InChI=1S/C15H30N2O2/c1-12-7-10-17(13(2)11-12)9-6-5-8-15(3,16-4)14(18)19/h12-13,16H,5-11H2,1-4H3,(H,18,19). The van der Waals surface area contributed by atoms with Crippen molar-refractivity contribution < 1.29 is 9.90 Å². The van der Waals surface area contributed by atoms with E-state index in [-0.39, 0.29) is 0 Å². The molecule has 1 heterocycles. The molecule has 0 aromatic heterocycles. The van der Waals surface area contributed by atoms with Gasteiger partial charge in [0.2, 0.25) is 0 Å². The smallest absolute Gasteiger partial charge is 0.323 e. The van der Waals surface area contributed by atoms with E-state index >= 15 is 0 Å². The average molecular weight is 270 g/mol. The molecule has 0 aromatic carbocycles. The van der Waals surface area contributed by atoms with Gasteiger partial charge >= 0.3 is 5.97 Å². The number of likely N-dealkylation sites (tertiary alicyclic amines) is 1. The van der Waals surface area contributed by atoms with Crippen molar-refractivity contribution in [2.45, 2.75) is 64.5 Å². The minimum Gasteiger partial charge on any atom is -0.480 e. The van der Waals surface area contributed by atoms with E-state index in [0.29, 0.717) is 12.5 Å². The van der Waals surface area contributed by atoms with E-state index in [9.17, 15) is 9.90 Å². The molecule has 0 saturated carbocycles. The molecular formula is C15H30N2O2. The number of hydrogen-bond donors (Lipinski definition) is 2. The number of hydrogen-bond acceptors (Lipinski definition) is 3. The topological polar surface area (TPSA) is 52.6 Å². The second-order valence-electron chi connectivity index (χ2n) is 6.36. The summed E-state index contributed by atoms with van der Waals surface area (Å²) >= 11 is 0. The second kappa shape index (κ2) is 7.25. The van der Waals surface area contributed by atoms with E-state index in [1.807, 2.05) is 0 Å². The molecule has 1 aliphatic rings. The summed E-state index contributed by atoms with van der Waals surface area (Å²) in [6.07, 6.45) is 5.33. The average Bonchev–Trinajstić information content (AvgIpc) is 2.36. The molecule has 1 rings (SSSR count). The number of carboxylic acid groups (broad SMARTS) is 1. The number of aliphatic carboxylic acids is 1. The molecule has 2 N–H and O–H groups in total. The van der Waals surface area contributed by atoms with Gasteiger partial charge in [-0.15, -0.1) is 0 Å². The van der Waals surface area contributed by atoms with Crippen LogP contribution in [0.25, 0.3) is 0 Å². The lowest BCUT2D eigenvalue weighted by Crippen LogP contribution is -2.47. The number of rotatable bonds is 7. The zero-order valence-electron chi connectivity index (χ0n) is 12.9. The molecule has 0 aliphatic carbocycles. The normalized spacial score (nSPS) is 28.0. The van der Waals surface area contributed by atoms with Gasteiger partial charge in [-0.05, 0) is 72.0 Å². The SMILES string of the molecule is CNC(C)(CCCCN1CCC(C)CC1C)C(=O)O. The van der Waals surface area contributed by atoms with E-state index in [2.05, 4.69) is 24.1 Å². The number of nitrogens with one attached hydrogen (secondary N) is 1. The lowest BCUT2D eigenvalue weighted by molar-refractivity contribution is -0.144. The van der Waals surface area contributed by atoms with Gasteiger partial charge in [0.25, 0.3) is 0 Å². The van der Waals surface area contributed by atoms with Gasteiger partial charge < -0.3 is 15.3 Å². The van der Waals surface area contributed by atoms with E-state index in [1.165, 1.54) is 19.4 Å². The van der Waals surface area contributed by atoms with Crippen LogP contribution in [-0.2, 0) is 4.79 Å². The molecule has 112 valence electrons. The summed E-state index contributed by atoms with van der Waals surface area (Å²) in [4.78, 5) is 13.7. The molecule has 1 aliphatic heterocycles. The summed E-state index contributed by atoms with van der Waals surface area (Å²) in [5, 5.41) is 12.1. The Balaban J connectivity index is 2.25. The van der Waals surface area contributed by atoms with Gasteiger partial charge in [-0.2, -0.15) is 0 Å². The van der Waals surface area contributed by atoms with Gasteiger partial charge in [0.05, 0.1) is 0 Å². The summed E-state index contributed by atoms with van der Waals surface area (Å²) in [5.41, 5.74) is -0.776. The van der Waals surface area contributed by atoms with E-state index in [1.54, 1.807) is 14.0 Å². The van der Waals surface area contributed by atoms with Crippen LogP contribution in [-0.4, -0.2) is 47.7 Å². The van der Waals surface area contributed by atoms with Crippen molar-refractivity contribution in [3.63, 3.8) is 0 Å². The van der Waals surface area contributed by atoms with Crippen LogP contribution in [0.3, 0.4) is 0 Å². The Bertz CT molecular complexity index is 296. The van der Waals surface area contributed by atoms with Crippen LogP contribution in [0, 0.1) is 5.92 Å². The Morgan fingerprint density at radius 1 is 1.42 bits per heavy atom. The van der Waals surface area contributed by atoms with Gasteiger partial charge in [0.1, 0.15) is 5.54 Å². The highest BCUT2D eigenvalue weighted by molar-refractivity contribution is 5.78. The predicted octanol–water partition coefficient (Wildman–Crippen LogP) is 2.34. The summed E-state index contributed by atoms with van der Waals surface area (Å²) in [5.74, 6) is 0.0982. The first-order valence-corrected chi connectivity index (χ1v) is 7.55. The minimum absolute atomic E-state index is 0.680. The van der Waals surface area contributed by atoms with E-state index in [4.69, 9.17) is 0 Å². The molecule has 0 radical (unpaired) electrons. The molecule has 0 bridgehead atoms. The molecule has 0 aromatic rings. The lowest BCUT2D eigenvalue weighted by atomic mass is 9.92. The van der Waals surface area contributed by atoms with Crippen LogP contribution in [0.15, 0.2) is 0 Å². The number of likely N-dealkylation sites (N-methyl/N-ethyl adjacent to an activating group) is 1. The van der Waals surface area contributed by atoms with Gasteiger partial charge in [0.15, 0.2) is 0 Å². The van der Waals surface area contributed by atoms with Crippen molar-refractivity contribution in [1.82, 2.24) is 10.2 Å². The van der Waals surface area contributed by atoms with Gasteiger partial charge in [-0.1, -0.05) is 6.92 Å². The summed E-state index contributed by atoms with van der Waals surface area (Å²) in [6.45, 7) is 8.71. The first-order chi connectivity index (χ1) is 8.89. The second-order valence-corrected chi connectivity index (χ2v) is 6.36. The molecule has 0 amide bonds. The van der Waals surface area contributed by atoms with Crippen molar-refractivity contribution in [3.05, 3.63) is 0 Å². The molecular weight excluding hydrogens is 240 g/mol. The van der Waals surface area contributed by atoms with Gasteiger partial charge in [0, 0.05) is 6.04 Å². The Kier molecular flexibility index (Phi) is 6.27. The van der Waals surface area contributed by atoms with Crippen LogP contribution in [0.4, 0.5) is 0 Å². The van der Waals surface area contributed by atoms with Crippen LogP contribution < -0.4 is 5.32 Å². The fourth-order valence-electron chi connectivity index (χ4n) is 2.92. The van der Waals surface area contributed by atoms with E-state index < -0.39 is 11.5 Å². The first-order valence-electron chi connectivity index (χ1n) is 7.55. The third-order valence-electron chi connectivity index (χ3n) is 4.67. The highest BCUT2D eigenvalue weighted by Gasteiger charge is 2.30. The van der Waals surface area contributed by atoms with Crippen LogP contribution in [0.2, 0.25) is 0 Å². The number of piperidine rings is 1. The third kappa shape index (κ3) is 4.77. The third-order valence-corrected chi connectivity index (χ3v) is 4.67. The number of unbranched alkanes of at least 4 members (excludes halogenated alkanes) is 1. The number of carbonyl (C=O) groups is 1. The van der Waals surface area contributed by atoms with Gasteiger partial charge in [-0.25, -0.2) is 0 Å². The predicted molar refractivity (Wildman–Crippen MR) is 78.4 cm³/mol. The van der Waals surface area contributed by atoms with Gasteiger partial charge in [-0.3, -0.25) is 4.79 Å². The highest BCUT2D eigenvalue weighted by Crippen LogP contribution is 2.23. The van der Waals surface area contributed by atoms with Crippen molar-refractivity contribution in [2.75, 3.05) is 20.1 Å². The maximum Gasteiger partial charge on any atom is 0.323 e. The molecule has 1 saturated heterocycles. The molecule has 3 atom stereocenters. The Hall–Kier alpha value is -0.610. The zero-order chi connectivity index (χ0) is 14.5. The number of nitrogens with zero attached hydrogens (tertiary/aromatic N) is 1. The molecule has 0 spiro atoms.